The minimum atomic E-state index is 0.113. The number of hydrogen-bond donors (Lipinski definition) is 3. The summed E-state index contributed by atoms with van der Waals surface area (Å²) >= 11 is 7.69. The molecular weight excluding hydrogens is 366 g/mol. The second kappa shape index (κ2) is 9.00. The maximum absolute atomic E-state index is 12.5. The van der Waals surface area contributed by atoms with Crippen LogP contribution < -0.4 is 15.1 Å². The van der Waals surface area contributed by atoms with Gasteiger partial charge in [-0.2, -0.15) is 0 Å². The quantitative estimate of drug-likeness (QED) is 0.682. The summed E-state index contributed by atoms with van der Waals surface area (Å²) in [5.41, 5.74) is 2.14. The van der Waals surface area contributed by atoms with Crippen molar-refractivity contribution in [2.45, 2.75) is 26.3 Å². The number of hydrogen-bond acceptors (Lipinski definition) is 2. The van der Waals surface area contributed by atoms with Crippen LogP contribution in [-0.4, -0.2) is 38.6 Å². The summed E-state index contributed by atoms with van der Waals surface area (Å²) in [6.07, 6.45) is 0. The van der Waals surface area contributed by atoms with Crippen LogP contribution in [0, 0.1) is 0 Å². The second-order valence-corrected chi connectivity index (χ2v) is 9.15. The monoisotopic (exact) mass is 393 g/mol. The molecule has 1 saturated heterocycles. The molecule has 1 aliphatic rings. The zero-order chi connectivity index (χ0) is 18.5. The van der Waals surface area contributed by atoms with Gasteiger partial charge < -0.3 is 15.1 Å². The van der Waals surface area contributed by atoms with Crippen LogP contribution in [0.25, 0.3) is 0 Å². The summed E-state index contributed by atoms with van der Waals surface area (Å²) in [4.78, 5) is 16.8. The molecule has 26 heavy (non-hydrogen) atoms. The highest BCUT2D eigenvalue weighted by atomic mass is 35.5. The zero-order valence-corrected chi connectivity index (χ0v) is 17.1. The second-order valence-electron chi connectivity index (χ2n) is 7.35. The third-order valence-corrected chi connectivity index (χ3v) is 6.22. The molecule has 0 saturated carbocycles. The first-order valence-corrected chi connectivity index (χ1v) is 10.5. The van der Waals surface area contributed by atoms with Crippen molar-refractivity contribution in [2.24, 2.45) is 0 Å². The van der Waals surface area contributed by atoms with Gasteiger partial charge in [0.1, 0.15) is 32.7 Å². The standard InChI is InChI=1S/C20H26ClN3OS/c1-15(2)17-5-3-4-6-18(17)22-20(25)14-24-11-9-23(10-12-24)13-16-7-8-19(21)26-16/h3-8,15H,9-14H2,1-2H3,(H,22,25)/p+2. The van der Waals surface area contributed by atoms with E-state index in [-0.39, 0.29) is 5.91 Å². The third-order valence-electron chi connectivity index (χ3n) is 4.98. The van der Waals surface area contributed by atoms with Gasteiger partial charge in [0.05, 0.1) is 9.21 Å². The van der Waals surface area contributed by atoms with Crippen molar-refractivity contribution in [2.75, 3.05) is 38.0 Å². The molecule has 140 valence electrons. The molecule has 1 aromatic carbocycles. The number of benzene rings is 1. The Kier molecular flexibility index (Phi) is 6.70. The van der Waals surface area contributed by atoms with Crippen molar-refractivity contribution < 1.29 is 14.6 Å². The summed E-state index contributed by atoms with van der Waals surface area (Å²) < 4.78 is 0.863. The number of para-hydroxylation sites is 1. The first-order valence-electron chi connectivity index (χ1n) is 9.31. The van der Waals surface area contributed by atoms with E-state index in [2.05, 4.69) is 31.3 Å². The predicted octanol–water partition coefficient (Wildman–Crippen LogP) is 1.45. The molecule has 0 unspecified atom stereocenters. The van der Waals surface area contributed by atoms with Crippen LogP contribution in [0.2, 0.25) is 4.34 Å². The molecule has 2 aromatic rings. The van der Waals surface area contributed by atoms with Crippen molar-refractivity contribution in [3.05, 3.63) is 51.2 Å². The topological polar surface area (TPSA) is 38.0 Å². The van der Waals surface area contributed by atoms with Gasteiger partial charge in [0.25, 0.3) is 5.91 Å². The average molecular weight is 394 g/mol. The van der Waals surface area contributed by atoms with E-state index in [4.69, 9.17) is 11.6 Å². The van der Waals surface area contributed by atoms with Crippen LogP contribution in [0.5, 0.6) is 0 Å². The normalized spacial score (nSPS) is 20.3. The molecule has 0 spiro atoms. The lowest BCUT2D eigenvalue weighted by Gasteiger charge is -2.29. The molecule has 0 atom stereocenters. The summed E-state index contributed by atoms with van der Waals surface area (Å²) in [6.45, 7) is 10.2. The smallest absolute Gasteiger partial charge is 0.279 e. The lowest BCUT2D eigenvalue weighted by Crippen LogP contribution is -3.28. The number of carbonyl (C=O) groups excluding carboxylic acids is 1. The Bertz CT molecular complexity index is 738. The zero-order valence-electron chi connectivity index (χ0n) is 15.5. The molecule has 1 aliphatic heterocycles. The minimum absolute atomic E-state index is 0.113. The van der Waals surface area contributed by atoms with Crippen molar-refractivity contribution in [1.29, 1.82) is 0 Å². The average Bonchev–Trinajstić information content (AvgIpc) is 3.02. The van der Waals surface area contributed by atoms with Gasteiger partial charge in [-0.1, -0.05) is 43.6 Å². The van der Waals surface area contributed by atoms with E-state index in [9.17, 15) is 4.79 Å². The van der Waals surface area contributed by atoms with Crippen LogP contribution in [0.3, 0.4) is 0 Å². The molecule has 0 bridgehead atoms. The van der Waals surface area contributed by atoms with Gasteiger partial charge in [-0.05, 0) is 29.7 Å². The van der Waals surface area contributed by atoms with E-state index in [1.807, 2.05) is 24.3 Å². The lowest BCUT2D eigenvalue weighted by atomic mass is 10.0. The number of halogens is 1. The van der Waals surface area contributed by atoms with Gasteiger partial charge in [0, 0.05) is 5.69 Å². The van der Waals surface area contributed by atoms with E-state index in [0.29, 0.717) is 12.5 Å². The Hall–Kier alpha value is -1.40. The molecule has 1 fully saturated rings. The van der Waals surface area contributed by atoms with Gasteiger partial charge >= 0.3 is 0 Å². The van der Waals surface area contributed by atoms with E-state index < -0.39 is 0 Å². The molecule has 6 heteroatoms. The fourth-order valence-electron chi connectivity index (χ4n) is 3.54. The number of amides is 1. The fraction of sp³-hybridized carbons (Fsp3) is 0.450. The Balaban J connectivity index is 1.46. The Morgan fingerprint density at radius 1 is 1.12 bits per heavy atom. The number of rotatable bonds is 6. The highest BCUT2D eigenvalue weighted by Crippen LogP contribution is 2.23. The van der Waals surface area contributed by atoms with Crippen molar-refractivity contribution >= 4 is 34.5 Å². The fourth-order valence-corrected chi connectivity index (χ4v) is 4.70. The molecule has 2 heterocycles. The largest absolute Gasteiger partial charge is 0.321 e. The van der Waals surface area contributed by atoms with Crippen LogP contribution in [0.1, 0.15) is 30.2 Å². The van der Waals surface area contributed by atoms with Gasteiger partial charge in [0.2, 0.25) is 0 Å². The molecule has 4 nitrogen and oxygen atoms in total. The number of nitrogens with one attached hydrogen (secondary N) is 3. The first kappa shape index (κ1) is 19.4. The van der Waals surface area contributed by atoms with Crippen molar-refractivity contribution in [1.82, 2.24) is 0 Å². The Morgan fingerprint density at radius 3 is 2.46 bits per heavy atom. The molecule has 0 aliphatic carbocycles. The minimum Gasteiger partial charge on any atom is -0.321 e. The van der Waals surface area contributed by atoms with E-state index in [1.54, 1.807) is 16.2 Å². The molecule has 0 radical (unpaired) electrons. The van der Waals surface area contributed by atoms with Crippen molar-refractivity contribution in [3.63, 3.8) is 0 Å². The molecular formula is C20H28ClN3OS+2. The Labute approximate surface area is 164 Å². The summed E-state index contributed by atoms with van der Waals surface area (Å²) in [7, 11) is 0. The Morgan fingerprint density at radius 2 is 1.81 bits per heavy atom. The highest BCUT2D eigenvalue weighted by molar-refractivity contribution is 7.16. The lowest BCUT2D eigenvalue weighted by molar-refractivity contribution is -1.01. The van der Waals surface area contributed by atoms with E-state index in [1.165, 1.54) is 15.3 Å². The van der Waals surface area contributed by atoms with Crippen molar-refractivity contribution in [3.8, 4) is 0 Å². The predicted molar refractivity (Wildman–Crippen MR) is 108 cm³/mol. The number of anilines is 1. The van der Waals surface area contributed by atoms with Crippen LogP contribution >= 0.6 is 22.9 Å². The molecule has 1 aromatic heterocycles. The number of quaternary nitrogens is 2. The molecule has 1 amide bonds. The maximum atomic E-state index is 12.5. The van der Waals surface area contributed by atoms with Gasteiger partial charge in [-0.15, -0.1) is 11.3 Å². The highest BCUT2D eigenvalue weighted by Gasteiger charge is 2.25. The molecule has 3 N–H and O–H groups in total. The SMILES string of the molecule is CC(C)c1ccccc1NC(=O)C[NH+]1CC[NH+](Cc2ccc(Cl)s2)CC1. The number of piperazine rings is 1. The number of thiophene rings is 1. The summed E-state index contributed by atoms with van der Waals surface area (Å²) in [5.74, 6) is 0.512. The summed E-state index contributed by atoms with van der Waals surface area (Å²) in [5, 5.41) is 3.11. The van der Waals surface area contributed by atoms with Crippen LogP contribution in [-0.2, 0) is 11.3 Å². The molecule has 3 rings (SSSR count). The van der Waals surface area contributed by atoms with Gasteiger partial charge in [-0.25, -0.2) is 0 Å². The van der Waals surface area contributed by atoms with E-state index >= 15 is 0 Å². The first-order chi connectivity index (χ1) is 12.5. The summed E-state index contributed by atoms with van der Waals surface area (Å²) in [6, 6.07) is 12.2. The van der Waals surface area contributed by atoms with Crippen LogP contribution in [0.4, 0.5) is 5.69 Å². The maximum Gasteiger partial charge on any atom is 0.279 e. The van der Waals surface area contributed by atoms with E-state index in [0.717, 1.165) is 42.7 Å². The van der Waals surface area contributed by atoms with Gasteiger partial charge in [-0.3, -0.25) is 4.79 Å². The third kappa shape index (κ3) is 5.30. The van der Waals surface area contributed by atoms with Gasteiger partial charge in [0.15, 0.2) is 6.54 Å². The number of carbonyl (C=O) groups is 1. The van der Waals surface area contributed by atoms with Crippen LogP contribution in [0.15, 0.2) is 36.4 Å².